The number of carboxylic acids is 1. The molecule has 0 aliphatic heterocycles. The molecule has 0 spiro atoms. The number of rotatable bonds is 4. The molecular weight excluding hydrogens is 290 g/mol. The standard InChI is InChI=1S/C15H16ClN3O2/c1-9(10-4-3-5-11(16)8-10)19(2)14-12(17)6-7-13(18-14)15(20)21/h3-9H,17H2,1-2H3,(H,20,21). The first-order valence-electron chi connectivity index (χ1n) is 6.38. The van der Waals surface area contributed by atoms with Crippen LogP contribution in [0.2, 0.25) is 5.02 Å². The predicted molar refractivity (Wildman–Crippen MR) is 83.9 cm³/mol. The van der Waals surface area contributed by atoms with Crippen molar-refractivity contribution in [3.8, 4) is 0 Å². The van der Waals surface area contributed by atoms with Gasteiger partial charge in [-0.2, -0.15) is 0 Å². The van der Waals surface area contributed by atoms with Gasteiger partial charge in [-0.05, 0) is 36.8 Å². The van der Waals surface area contributed by atoms with Crippen LogP contribution in [0.25, 0.3) is 0 Å². The Morgan fingerprint density at radius 1 is 1.38 bits per heavy atom. The molecule has 5 nitrogen and oxygen atoms in total. The molecule has 6 heteroatoms. The van der Waals surface area contributed by atoms with E-state index in [2.05, 4.69) is 4.98 Å². The second kappa shape index (κ2) is 6.01. The molecule has 0 saturated heterocycles. The van der Waals surface area contributed by atoms with Crippen molar-refractivity contribution in [2.45, 2.75) is 13.0 Å². The third kappa shape index (κ3) is 3.25. The molecule has 3 N–H and O–H groups in total. The fraction of sp³-hybridized carbons (Fsp3) is 0.200. The molecule has 0 aliphatic rings. The summed E-state index contributed by atoms with van der Waals surface area (Å²) in [6.45, 7) is 1.97. The Kier molecular flexibility index (Phi) is 4.33. The van der Waals surface area contributed by atoms with Crippen LogP contribution >= 0.6 is 11.6 Å². The molecule has 0 saturated carbocycles. The van der Waals surface area contributed by atoms with Crippen molar-refractivity contribution >= 4 is 29.1 Å². The Bertz CT molecular complexity index is 676. The van der Waals surface area contributed by atoms with Gasteiger partial charge in [0.15, 0.2) is 11.5 Å². The van der Waals surface area contributed by atoms with Gasteiger partial charge < -0.3 is 15.7 Å². The number of carboxylic acid groups (broad SMARTS) is 1. The molecule has 0 aliphatic carbocycles. The largest absolute Gasteiger partial charge is 0.477 e. The van der Waals surface area contributed by atoms with E-state index in [9.17, 15) is 4.79 Å². The van der Waals surface area contributed by atoms with E-state index in [1.54, 1.807) is 12.1 Å². The summed E-state index contributed by atoms with van der Waals surface area (Å²) in [6.07, 6.45) is 0. The van der Waals surface area contributed by atoms with E-state index in [-0.39, 0.29) is 11.7 Å². The lowest BCUT2D eigenvalue weighted by molar-refractivity contribution is 0.0690. The van der Waals surface area contributed by atoms with Crippen molar-refractivity contribution in [3.05, 3.63) is 52.7 Å². The van der Waals surface area contributed by atoms with E-state index in [0.717, 1.165) is 5.56 Å². The summed E-state index contributed by atoms with van der Waals surface area (Å²) in [5.41, 5.74) is 7.30. The first-order valence-corrected chi connectivity index (χ1v) is 6.76. The molecule has 1 unspecified atom stereocenters. The van der Waals surface area contributed by atoms with E-state index in [1.165, 1.54) is 6.07 Å². The summed E-state index contributed by atoms with van der Waals surface area (Å²) in [7, 11) is 1.82. The SMILES string of the molecule is CC(c1cccc(Cl)c1)N(C)c1nc(C(=O)O)ccc1N. The number of anilines is 2. The minimum absolute atomic E-state index is 0.0376. The monoisotopic (exact) mass is 305 g/mol. The zero-order valence-electron chi connectivity index (χ0n) is 11.7. The predicted octanol–water partition coefficient (Wildman–Crippen LogP) is 3.21. The van der Waals surface area contributed by atoms with Crippen LogP contribution in [0.5, 0.6) is 0 Å². The molecule has 110 valence electrons. The first-order chi connectivity index (χ1) is 9.90. The van der Waals surface area contributed by atoms with Crippen molar-refractivity contribution in [3.63, 3.8) is 0 Å². The number of nitrogens with zero attached hydrogens (tertiary/aromatic N) is 2. The maximum Gasteiger partial charge on any atom is 0.354 e. The minimum atomic E-state index is -1.08. The Morgan fingerprint density at radius 3 is 2.71 bits per heavy atom. The summed E-state index contributed by atoms with van der Waals surface area (Å²) in [5, 5.41) is 9.68. The molecule has 1 heterocycles. The molecule has 0 amide bonds. The highest BCUT2D eigenvalue weighted by Gasteiger charge is 2.18. The van der Waals surface area contributed by atoms with Crippen molar-refractivity contribution in [1.29, 1.82) is 0 Å². The lowest BCUT2D eigenvalue weighted by Crippen LogP contribution is -2.24. The molecule has 0 radical (unpaired) electrons. The maximum absolute atomic E-state index is 11.0. The van der Waals surface area contributed by atoms with Gasteiger partial charge in [-0.25, -0.2) is 9.78 Å². The van der Waals surface area contributed by atoms with E-state index >= 15 is 0 Å². The van der Waals surface area contributed by atoms with Gasteiger partial charge >= 0.3 is 5.97 Å². The number of nitrogen functional groups attached to an aromatic ring is 1. The molecule has 1 atom stereocenters. The lowest BCUT2D eigenvalue weighted by atomic mass is 10.1. The van der Waals surface area contributed by atoms with Crippen LogP contribution in [0.15, 0.2) is 36.4 Å². The Labute approximate surface area is 128 Å². The topological polar surface area (TPSA) is 79.5 Å². The van der Waals surface area contributed by atoms with Gasteiger partial charge in [0.25, 0.3) is 0 Å². The van der Waals surface area contributed by atoms with Gasteiger partial charge in [-0.3, -0.25) is 0 Å². The fourth-order valence-electron chi connectivity index (χ4n) is 2.03. The molecular formula is C15H16ClN3O2. The normalized spacial score (nSPS) is 12.0. The van der Waals surface area contributed by atoms with E-state index in [4.69, 9.17) is 22.4 Å². The number of halogens is 1. The smallest absolute Gasteiger partial charge is 0.354 e. The zero-order chi connectivity index (χ0) is 15.6. The number of hydrogen-bond donors (Lipinski definition) is 2. The number of benzene rings is 1. The molecule has 0 bridgehead atoms. The molecule has 2 rings (SSSR count). The summed E-state index contributed by atoms with van der Waals surface area (Å²) in [6, 6.07) is 10.4. The highest BCUT2D eigenvalue weighted by molar-refractivity contribution is 6.30. The summed E-state index contributed by atoms with van der Waals surface area (Å²) in [4.78, 5) is 17.0. The van der Waals surface area contributed by atoms with Gasteiger partial charge in [-0.15, -0.1) is 0 Å². The number of aromatic carboxylic acids is 1. The average molecular weight is 306 g/mol. The van der Waals surface area contributed by atoms with E-state index < -0.39 is 5.97 Å². The third-order valence-electron chi connectivity index (χ3n) is 3.37. The molecule has 2 aromatic rings. The average Bonchev–Trinajstić information content (AvgIpc) is 2.46. The van der Waals surface area contributed by atoms with Crippen molar-refractivity contribution in [2.75, 3.05) is 17.7 Å². The molecule has 1 aromatic carbocycles. The van der Waals surface area contributed by atoms with Crippen molar-refractivity contribution < 1.29 is 9.90 Å². The van der Waals surface area contributed by atoms with Gasteiger partial charge in [-0.1, -0.05) is 23.7 Å². The highest BCUT2D eigenvalue weighted by Crippen LogP contribution is 2.29. The third-order valence-corrected chi connectivity index (χ3v) is 3.61. The quantitative estimate of drug-likeness (QED) is 0.906. The van der Waals surface area contributed by atoms with Crippen LogP contribution in [0.1, 0.15) is 29.0 Å². The minimum Gasteiger partial charge on any atom is -0.477 e. The Morgan fingerprint density at radius 2 is 2.10 bits per heavy atom. The van der Waals surface area contributed by atoms with Gasteiger partial charge in [0.05, 0.1) is 11.7 Å². The second-order valence-electron chi connectivity index (χ2n) is 4.76. The number of hydrogen-bond acceptors (Lipinski definition) is 4. The number of carbonyl (C=O) groups is 1. The van der Waals surface area contributed by atoms with Crippen molar-refractivity contribution in [1.82, 2.24) is 4.98 Å². The first kappa shape index (κ1) is 15.1. The number of aromatic nitrogens is 1. The summed E-state index contributed by atoms with van der Waals surface area (Å²) < 4.78 is 0. The lowest BCUT2D eigenvalue weighted by Gasteiger charge is -2.27. The van der Waals surface area contributed by atoms with Crippen LogP contribution in [-0.4, -0.2) is 23.1 Å². The highest BCUT2D eigenvalue weighted by atomic mass is 35.5. The van der Waals surface area contributed by atoms with Crippen LogP contribution in [0, 0.1) is 0 Å². The van der Waals surface area contributed by atoms with Crippen LogP contribution < -0.4 is 10.6 Å². The number of pyridine rings is 1. The summed E-state index contributed by atoms with van der Waals surface area (Å²) in [5.74, 6) is -0.651. The molecule has 0 fully saturated rings. The Balaban J connectivity index is 2.37. The van der Waals surface area contributed by atoms with Crippen molar-refractivity contribution in [2.24, 2.45) is 0 Å². The van der Waals surface area contributed by atoms with Crippen LogP contribution in [0.4, 0.5) is 11.5 Å². The summed E-state index contributed by atoms with van der Waals surface area (Å²) >= 11 is 6.00. The maximum atomic E-state index is 11.0. The van der Waals surface area contributed by atoms with E-state index in [1.807, 2.05) is 37.1 Å². The van der Waals surface area contributed by atoms with Crippen LogP contribution in [0.3, 0.4) is 0 Å². The molecule has 1 aromatic heterocycles. The molecule has 21 heavy (non-hydrogen) atoms. The van der Waals surface area contributed by atoms with E-state index in [0.29, 0.717) is 16.5 Å². The Hall–Kier alpha value is -2.27. The fourth-order valence-corrected chi connectivity index (χ4v) is 2.23. The van der Waals surface area contributed by atoms with Gasteiger partial charge in [0, 0.05) is 12.1 Å². The number of nitrogens with two attached hydrogens (primary N) is 1. The van der Waals surface area contributed by atoms with Gasteiger partial charge in [0.2, 0.25) is 0 Å². The second-order valence-corrected chi connectivity index (χ2v) is 5.19. The van der Waals surface area contributed by atoms with Crippen LogP contribution in [-0.2, 0) is 0 Å². The zero-order valence-corrected chi connectivity index (χ0v) is 12.5. The van der Waals surface area contributed by atoms with Gasteiger partial charge in [0.1, 0.15) is 0 Å².